The van der Waals surface area contributed by atoms with Crippen LogP contribution in [0.2, 0.25) is 0 Å². The average Bonchev–Trinajstić information content (AvgIpc) is 2.72. The predicted octanol–water partition coefficient (Wildman–Crippen LogP) is 2.39. The minimum Gasteiger partial charge on any atom is -0.367 e. The van der Waals surface area contributed by atoms with Crippen LogP contribution in [0.5, 0.6) is 0 Å². The molecule has 3 rings (SSSR count). The number of carbonyl (C=O) groups excluding carboxylic acids is 1. The Hall–Kier alpha value is -2.10. The van der Waals surface area contributed by atoms with Crippen molar-refractivity contribution >= 4 is 37.7 Å². The van der Waals surface area contributed by atoms with Crippen LogP contribution in [0, 0.1) is 0 Å². The Bertz CT molecular complexity index is 944. The van der Waals surface area contributed by atoms with Gasteiger partial charge in [0.25, 0.3) is 0 Å². The molecule has 0 saturated carbocycles. The molecule has 0 radical (unpaired) electrons. The van der Waals surface area contributed by atoms with Crippen LogP contribution in [0.3, 0.4) is 0 Å². The summed E-state index contributed by atoms with van der Waals surface area (Å²) in [5.41, 5.74) is 1.68. The highest BCUT2D eigenvalue weighted by molar-refractivity contribution is 9.10. The third kappa shape index (κ3) is 4.84. The van der Waals surface area contributed by atoms with Gasteiger partial charge < -0.3 is 15.1 Å². The number of rotatable bonds is 5. The van der Waals surface area contributed by atoms with Gasteiger partial charge in [0.15, 0.2) is 0 Å². The van der Waals surface area contributed by atoms with E-state index < -0.39 is 10.0 Å². The molecule has 0 atom stereocenters. The Kier molecular flexibility index (Phi) is 6.58. The van der Waals surface area contributed by atoms with Gasteiger partial charge in [-0.3, -0.25) is 0 Å². The first-order valence-electron chi connectivity index (χ1n) is 8.95. The lowest BCUT2D eigenvalue weighted by Crippen LogP contribution is -2.52. The normalized spacial score (nSPS) is 14.8. The van der Waals surface area contributed by atoms with Crippen molar-refractivity contribution in [2.45, 2.75) is 11.4 Å². The van der Waals surface area contributed by atoms with E-state index in [2.05, 4.69) is 26.0 Å². The number of hydrogen-bond donors (Lipinski definition) is 2. The number of benzene rings is 2. The van der Waals surface area contributed by atoms with Crippen LogP contribution in [-0.2, 0) is 16.6 Å². The molecular weight excluding hydrogens is 444 g/mol. The van der Waals surface area contributed by atoms with Crippen molar-refractivity contribution in [1.82, 2.24) is 14.9 Å². The molecule has 2 aromatic rings. The van der Waals surface area contributed by atoms with E-state index in [0.29, 0.717) is 38.4 Å². The van der Waals surface area contributed by atoms with Crippen LogP contribution < -0.4 is 14.9 Å². The van der Waals surface area contributed by atoms with Gasteiger partial charge in [-0.05, 0) is 36.9 Å². The van der Waals surface area contributed by atoms with Crippen LogP contribution in [-0.4, -0.2) is 52.6 Å². The number of nitrogens with one attached hydrogen (secondary N) is 2. The minimum absolute atomic E-state index is 0.115. The summed E-state index contributed by atoms with van der Waals surface area (Å²) < 4.78 is 27.9. The zero-order chi connectivity index (χ0) is 20.1. The Labute approximate surface area is 173 Å². The second-order valence-electron chi connectivity index (χ2n) is 6.44. The highest BCUT2D eigenvalue weighted by atomic mass is 79.9. The molecule has 1 aliphatic rings. The molecule has 1 heterocycles. The third-order valence-electron chi connectivity index (χ3n) is 4.66. The summed E-state index contributed by atoms with van der Waals surface area (Å²) in [4.78, 5) is 16.5. The standard InChI is InChI=1S/C19H23BrN4O3S/c1-21-28(26,27)18-8-3-2-7-17(18)23-9-11-24(12-10-23)19(25)22-14-15-5-4-6-16(20)13-15/h2-8,13,21H,9-12,14H2,1H3,(H,22,25). The molecular formula is C19H23BrN4O3S. The van der Waals surface area contributed by atoms with Gasteiger partial charge >= 0.3 is 6.03 Å². The van der Waals surface area contributed by atoms with Crippen molar-refractivity contribution in [3.63, 3.8) is 0 Å². The smallest absolute Gasteiger partial charge is 0.317 e. The lowest BCUT2D eigenvalue weighted by atomic mass is 10.2. The van der Waals surface area contributed by atoms with Gasteiger partial charge in [0.2, 0.25) is 10.0 Å². The second-order valence-corrected chi connectivity index (χ2v) is 9.21. The molecule has 2 N–H and O–H groups in total. The van der Waals surface area contributed by atoms with Crippen LogP contribution >= 0.6 is 15.9 Å². The molecule has 9 heteroatoms. The summed E-state index contributed by atoms with van der Waals surface area (Å²) in [5, 5.41) is 2.94. The molecule has 0 aromatic heterocycles. The Morgan fingerprint density at radius 2 is 1.79 bits per heavy atom. The molecule has 0 bridgehead atoms. The molecule has 28 heavy (non-hydrogen) atoms. The predicted molar refractivity (Wildman–Crippen MR) is 113 cm³/mol. The van der Waals surface area contributed by atoms with Gasteiger partial charge in [-0.25, -0.2) is 17.9 Å². The van der Waals surface area contributed by atoms with Gasteiger partial charge in [-0.15, -0.1) is 0 Å². The number of halogens is 1. The molecule has 150 valence electrons. The lowest BCUT2D eigenvalue weighted by Gasteiger charge is -2.36. The van der Waals surface area contributed by atoms with Crippen LogP contribution in [0.25, 0.3) is 0 Å². The Balaban J connectivity index is 1.60. The number of sulfonamides is 1. The van der Waals surface area contributed by atoms with Gasteiger partial charge in [-0.2, -0.15) is 0 Å². The number of carbonyl (C=O) groups is 1. The Morgan fingerprint density at radius 1 is 1.07 bits per heavy atom. The molecule has 2 amide bonds. The molecule has 0 aliphatic carbocycles. The summed E-state index contributed by atoms with van der Waals surface area (Å²) in [7, 11) is -2.14. The molecule has 1 aliphatic heterocycles. The topological polar surface area (TPSA) is 81.8 Å². The Morgan fingerprint density at radius 3 is 2.46 bits per heavy atom. The highest BCUT2D eigenvalue weighted by Crippen LogP contribution is 2.25. The van der Waals surface area contributed by atoms with E-state index >= 15 is 0 Å². The van der Waals surface area contributed by atoms with E-state index in [1.54, 1.807) is 23.1 Å². The fraction of sp³-hybridized carbons (Fsp3) is 0.316. The first-order chi connectivity index (χ1) is 13.4. The first-order valence-corrected chi connectivity index (χ1v) is 11.2. The number of amides is 2. The van der Waals surface area contributed by atoms with Crippen LogP contribution in [0.1, 0.15) is 5.56 Å². The maximum Gasteiger partial charge on any atom is 0.317 e. The summed E-state index contributed by atoms with van der Waals surface area (Å²) in [5.74, 6) is 0. The molecule has 1 fully saturated rings. The van der Waals surface area contributed by atoms with Gasteiger partial charge in [0.1, 0.15) is 4.90 Å². The fourth-order valence-electron chi connectivity index (χ4n) is 3.14. The zero-order valence-electron chi connectivity index (χ0n) is 15.6. The van der Waals surface area contributed by atoms with Crippen molar-refractivity contribution in [2.24, 2.45) is 0 Å². The molecule has 2 aromatic carbocycles. The van der Waals surface area contributed by atoms with E-state index in [4.69, 9.17) is 0 Å². The van der Waals surface area contributed by atoms with Gasteiger partial charge in [-0.1, -0.05) is 40.2 Å². The SMILES string of the molecule is CNS(=O)(=O)c1ccccc1N1CCN(C(=O)NCc2cccc(Br)c2)CC1. The van der Waals surface area contributed by atoms with Crippen molar-refractivity contribution < 1.29 is 13.2 Å². The fourth-order valence-corrected chi connectivity index (χ4v) is 4.54. The van der Waals surface area contributed by atoms with E-state index in [0.717, 1.165) is 10.0 Å². The van der Waals surface area contributed by atoms with Gasteiger partial charge in [0.05, 0.1) is 5.69 Å². The maximum absolute atomic E-state index is 12.5. The minimum atomic E-state index is -3.54. The van der Waals surface area contributed by atoms with Crippen LogP contribution in [0.15, 0.2) is 57.9 Å². The van der Waals surface area contributed by atoms with Crippen molar-refractivity contribution in [3.05, 3.63) is 58.6 Å². The monoisotopic (exact) mass is 466 g/mol. The van der Waals surface area contributed by atoms with Crippen LogP contribution in [0.4, 0.5) is 10.5 Å². The molecule has 0 spiro atoms. The number of hydrogen-bond acceptors (Lipinski definition) is 4. The number of para-hydroxylation sites is 1. The second kappa shape index (κ2) is 8.93. The first kappa shape index (κ1) is 20.6. The third-order valence-corrected chi connectivity index (χ3v) is 6.62. The number of anilines is 1. The van der Waals surface area contributed by atoms with Crippen molar-refractivity contribution in [3.8, 4) is 0 Å². The van der Waals surface area contributed by atoms with E-state index in [-0.39, 0.29) is 10.9 Å². The summed E-state index contributed by atoms with van der Waals surface area (Å²) in [6, 6.07) is 14.6. The maximum atomic E-state index is 12.5. The number of urea groups is 1. The quantitative estimate of drug-likeness (QED) is 0.708. The number of nitrogens with zero attached hydrogens (tertiary/aromatic N) is 2. The van der Waals surface area contributed by atoms with E-state index in [9.17, 15) is 13.2 Å². The summed E-state index contributed by atoms with van der Waals surface area (Å²) in [6.07, 6.45) is 0. The molecule has 7 nitrogen and oxygen atoms in total. The summed E-state index contributed by atoms with van der Waals surface area (Å²) in [6.45, 7) is 2.65. The largest absolute Gasteiger partial charge is 0.367 e. The highest BCUT2D eigenvalue weighted by Gasteiger charge is 2.25. The zero-order valence-corrected chi connectivity index (χ0v) is 18.0. The van der Waals surface area contributed by atoms with Crippen molar-refractivity contribution in [1.29, 1.82) is 0 Å². The number of piperazine rings is 1. The average molecular weight is 467 g/mol. The summed E-state index contributed by atoms with van der Waals surface area (Å²) >= 11 is 3.42. The van der Waals surface area contributed by atoms with E-state index in [1.807, 2.05) is 35.2 Å². The lowest BCUT2D eigenvalue weighted by molar-refractivity contribution is 0.194. The van der Waals surface area contributed by atoms with Crippen molar-refractivity contribution in [2.75, 3.05) is 38.1 Å². The molecule has 1 saturated heterocycles. The molecule has 0 unspecified atom stereocenters. The van der Waals surface area contributed by atoms with Gasteiger partial charge in [0, 0.05) is 37.2 Å². The van der Waals surface area contributed by atoms with E-state index in [1.165, 1.54) is 7.05 Å².